The first kappa shape index (κ1) is 12.4. The highest BCUT2D eigenvalue weighted by atomic mass is 35.5. The van der Waals surface area contributed by atoms with Crippen LogP contribution in [0.4, 0.5) is 0 Å². The van der Waals surface area contributed by atoms with Gasteiger partial charge in [-0.05, 0) is 12.1 Å². The van der Waals surface area contributed by atoms with Crippen LogP contribution in [0, 0.1) is 5.92 Å². The summed E-state index contributed by atoms with van der Waals surface area (Å²) in [5.74, 6) is -2.00. The van der Waals surface area contributed by atoms with Crippen molar-refractivity contribution in [2.24, 2.45) is 5.92 Å². The largest absolute Gasteiger partial charge is 0.481 e. The van der Waals surface area contributed by atoms with Crippen LogP contribution in [0.25, 0.3) is 0 Å². The molecule has 0 aliphatic carbocycles. The zero-order valence-electron chi connectivity index (χ0n) is 8.61. The average molecular weight is 243 g/mol. The molecule has 16 heavy (non-hydrogen) atoms. The molecule has 0 aliphatic rings. The van der Waals surface area contributed by atoms with Gasteiger partial charge < -0.3 is 10.4 Å². The fourth-order valence-corrected chi connectivity index (χ4v) is 1.05. The Morgan fingerprint density at radius 3 is 2.75 bits per heavy atom. The van der Waals surface area contributed by atoms with E-state index in [0.717, 1.165) is 0 Å². The van der Waals surface area contributed by atoms with Crippen molar-refractivity contribution in [2.75, 3.05) is 6.54 Å². The van der Waals surface area contributed by atoms with Crippen molar-refractivity contribution < 1.29 is 14.7 Å². The van der Waals surface area contributed by atoms with E-state index in [-0.39, 0.29) is 12.2 Å². The topological polar surface area (TPSA) is 79.3 Å². The normalized spacial score (nSPS) is 11.9. The summed E-state index contributed by atoms with van der Waals surface area (Å²) in [6.45, 7) is 1.58. The van der Waals surface area contributed by atoms with E-state index in [1.165, 1.54) is 19.2 Å². The van der Waals surface area contributed by atoms with E-state index in [9.17, 15) is 9.59 Å². The Hall–Kier alpha value is -1.62. The third-order valence-electron chi connectivity index (χ3n) is 1.95. The number of amides is 1. The van der Waals surface area contributed by atoms with Gasteiger partial charge in [0.25, 0.3) is 5.91 Å². The van der Waals surface area contributed by atoms with Crippen molar-refractivity contribution in [3.05, 3.63) is 29.0 Å². The van der Waals surface area contributed by atoms with Crippen LogP contribution in [0.15, 0.2) is 18.3 Å². The van der Waals surface area contributed by atoms with Gasteiger partial charge in [0.1, 0.15) is 5.69 Å². The monoisotopic (exact) mass is 242 g/mol. The van der Waals surface area contributed by atoms with E-state index in [2.05, 4.69) is 10.3 Å². The van der Waals surface area contributed by atoms with Crippen LogP contribution in [0.1, 0.15) is 17.4 Å². The molecule has 1 amide bonds. The van der Waals surface area contributed by atoms with Crippen molar-refractivity contribution in [3.8, 4) is 0 Å². The molecule has 5 nitrogen and oxygen atoms in total. The lowest BCUT2D eigenvalue weighted by Gasteiger charge is -2.07. The number of carboxylic acid groups (broad SMARTS) is 1. The van der Waals surface area contributed by atoms with Gasteiger partial charge in [-0.3, -0.25) is 9.59 Å². The Bertz CT molecular complexity index is 392. The predicted molar refractivity (Wildman–Crippen MR) is 58.4 cm³/mol. The third kappa shape index (κ3) is 3.51. The van der Waals surface area contributed by atoms with Gasteiger partial charge in [-0.25, -0.2) is 4.98 Å². The number of carbonyl (C=O) groups excluding carboxylic acids is 1. The molecule has 0 saturated heterocycles. The summed E-state index contributed by atoms with van der Waals surface area (Å²) in [6.07, 6.45) is 1.36. The number of nitrogens with zero attached hydrogens (tertiary/aromatic N) is 1. The maximum atomic E-state index is 11.5. The third-order valence-corrected chi connectivity index (χ3v) is 2.17. The van der Waals surface area contributed by atoms with Gasteiger partial charge in [0.05, 0.1) is 10.9 Å². The van der Waals surface area contributed by atoms with E-state index >= 15 is 0 Å². The lowest BCUT2D eigenvalue weighted by atomic mass is 10.2. The van der Waals surface area contributed by atoms with Gasteiger partial charge in [0.2, 0.25) is 0 Å². The molecular formula is C10H11ClN2O3. The number of carboxylic acids is 1. The number of nitrogens with one attached hydrogen (secondary N) is 1. The number of pyridine rings is 1. The summed E-state index contributed by atoms with van der Waals surface area (Å²) < 4.78 is 0. The fraction of sp³-hybridized carbons (Fsp3) is 0.300. The van der Waals surface area contributed by atoms with Crippen molar-refractivity contribution >= 4 is 23.5 Å². The summed E-state index contributed by atoms with van der Waals surface area (Å²) in [5.41, 5.74) is 0.210. The van der Waals surface area contributed by atoms with Gasteiger partial charge in [-0.2, -0.15) is 0 Å². The average Bonchev–Trinajstić information content (AvgIpc) is 2.26. The maximum Gasteiger partial charge on any atom is 0.308 e. The van der Waals surface area contributed by atoms with Crippen LogP contribution < -0.4 is 5.32 Å². The van der Waals surface area contributed by atoms with Gasteiger partial charge in [-0.1, -0.05) is 18.5 Å². The van der Waals surface area contributed by atoms with Gasteiger partial charge >= 0.3 is 5.97 Å². The van der Waals surface area contributed by atoms with Gasteiger partial charge in [0.15, 0.2) is 0 Å². The maximum absolute atomic E-state index is 11.5. The molecule has 0 spiro atoms. The molecule has 0 bridgehead atoms. The number of aliphatic carboxylic acids is 1. The SMILES string of the molecule is CC(CNC(=O)c1ccc(Cl)cn1)C(=O)O. The Balaban J connectivity index is 2.53. The molecule has 1 atom stereocenters. The molecule has 1 rings (SSSR count). The Morgan fingerprint density at radius 2 is 2.25 bits per heavy atom. The van der Waals surface area contributed by atoms with Crippen LogP contribution in [0.5, 0.6) is 0 Å². The van der Waals surface area contributed by atoms with Crippen molar-refractivity contribution in [1.29, 1.82) is 0 Å². The Kier molecular flexibility index (Phi) is 4.25. The highest BCUT2D eigenvalue weighted by molar-refractivity contribution is 6.30. The van der Waals surface area contributed by atoms with E-state index in [4.69, 9.17) is 16.7 Å². The lowest BCUT2D eigenvalue weighted by Crippen LogP contribution is -2.31. The molecule has 0 aliphatic heterocycles. The standard InChI is InChI=1S/C10H11ClN2O3/c1-6(10(15)16)4-13-9(14)8-3-2-7(11)5-12-8/h2-3,5-6H,4H2,1H3,(H,13,14)(H,15,16). The minimum Gasteiger partial charge on any atom is -0.481 e. The molecule has 1 aromatic rings. The molecule has 86 valence electrons. The fourth-order valence-electron chi connectivity index (χ4n) is 0.934. The number of rotatable bonds is 4. The highest BCUT2D eigenvalue weighted by Crippen LogP contribution is 2.06. The molecule has 0 radical (unpaired) electrons. The second-order valence-corrected chi connectivity index (χ2v) is 3.75. The zero-order chi connectivity index (χ0) is 12.1. The minimum absolute atomic E-state index is 0.0679. The number of aromatic nitrogens is 1. The first-order valence-corrected chi connectivity index (χ1v) is 5.01. The summed E-state index contributed by atoms with van der Waals surface area (Å²) in [4.78, 5) is 25.8. The Morgan fingerprint density at radius 1 is 1.56 bits per heavy atom. The molecule has 0 saturated carbocycles. The minimum atomic E-state index is -0.954. The molecule has 6 heteroatoms. The zero-order valence-corrected chi connectivity index (χ0v) is 9.36. The number of hydrogen-bond donors (Lipinski definition) is 2. The van der Waals surface area contributed by atoms with E-state index in [0.29, 0.717) is 5.02 Å². The molecular weight excluding hydrogens is 232 g/mol. The predicted octanol–water partition coefficient (Wildman–Crippen LogP) is 1.19. The summed E-state index contributed by atoms with van der Waals surface area (Å²) in [5, 5.41) is 11.5. The van der Waals surface area contributed by atoms with Crippen molar-refractivity contribution in [2.45, 2.75) is 6.92 Å². The van der Waals surface area contributed by atoms with Crippen molar-refractivity contribution in [3.63, 3.8) is 0 Å². The van der Waals surface area contributed by atoms with Crippen LogP contribution in [-0.4, -0.2) is 28.5 Å². The smallest absolute Gasteiger partial charge is 0.308 e. The quantitative estimate of drug-likeness (QED) is 0.831. The first-order chi connectivity index (χ1) is 7.50. The van der Waals surface area contributed by atoms with Crippen LogP contribution in [-0.2, 0) is 4.79 Å². The van der Waals surface area contributed by atoms with Crippen LogP contribution in [0.3, 0.4) is 0 Å². The number of hydrogen-bond acceptors (Lipinski definition) is 3. The highest BCUT2D eigenvalue weighted by Gasteiger charge is 2.13. The second kappa shape index (κ2) is 5.46. The molecule has 0 fully saturated rings. The molecule has 1 aromatic heterocycles. The van der Waals surface area contributed by atoms with Gasteiger partial charge in [-0.15, -0.1) is 0 Å². The summed E-state index contributed by atoms with van der Waals surface area (Å²) in [6, 6.07) is 3.02. The molecule has 1 unspecified atom stereocenters. The Labute approximate surface area is 97.4 Å². The number of halogens is 1. The second-order valence-electron chi connectivity index (χ2n) is 3.31. The van der Waals surface area contributed by atoms with Crippen molar-refractivity contribution in [1.82, 2.24) is 10.3 Å². The first-order valence-electron chi connectivity index (χ1n) is 4.63. The van der Waals surface area contributed by atoms with E-state index in [1.807, 2.05) is 0 Å². The van der Waals surface area contributed by atoms with Gasteiger partial charge in [0, 0.05) is 12.7 Å². The van der Waals surface area contributed by atoms with E-state index in [1.54, 1.807) is 6.07 Å². The van der Waals surface area contributed by atoms with Crippen LogP contribution in [0.2, 0.25) is 5.02 Å². The molecule has 0 aromatic carbocycles. The molecule has 2 N–H and O–H groups in total. The van der Waals surface area contributed by atoms with Crippen LogP contribution >= 0.6 is 11.6 Å². The molecule has 1 heterocycles. The summed E-state index contributed by atoms with van der Waals surface area (Å²) in [7, 11) is 0. The lowest BCUT2D eigenvalue weighted by molar-refractivity contribution is -0.140. The number of carbonyl (C=O) groups is 2. The summed E-state index contributed by atoms with van der Waals surface area (Å²) >= 11 is 5.61. The van der Waals surface area contributed by atoms with E-state index < -0.39 is 17.8 Å².